The molecular formula is C19H17FN6OS. The zero-order valence-corrected chi connectivity index (χ0v) is 16.1. The SMILES string of the molecule is CC(C)c1ccc(-c2noc(CSc3nnnn3-c3cccc(F)c3)n2)cc1. The Hall–Kier alpha value is -3.07. The zero-order chi connectivity index (χ0) is 19.5. The lowest BCUT2D eigenvalue weighted by Gasteiger charge is -2.04. The first-order valence-corrected chi connectivity index (χ1v) is 9.69. The summed E-state index contributed by atoms with van der Waals surface area (Å²) in [5.74, 6) is 1.51. The van der Waals surface area contributed by atoms with E-state index in [1.54, 1.807) is 12.1 Å². The number of aromatic nitrogens is 6. The molecule has 0 aliphatic rings. The lowest BCUT2D eigenvalue weighted by atomic mass is 10.0. The molecule has 0 spiro atoms. The van der Waals surface area contributed by atoms with E-state index in [1.807, 2.05) is 12.1 Å². The highest BCUT2D eigenvalue weighted by atomic mass is 32.2. The van der Waals surface area contributed by atoms with E-state index >= 15 is 0 Å². The molecule has 7 nitrogen and oxygen atoms in total. The van der Waals surface area contributed by atoms with Crippen molar-refractivity contribution in [1.29, 1.82) is 0 Å². The Bertz CT molecular complexity index is 1080. The molecule has 0 radical (unpaired) electrons. The molecule has 0 N–H and O–H groups in total. The zero-order valence-electron chi connectivity index (χ0n) is 15.3. The number of hydrogen-bond acceptors (Lipinski definition) is 7. The molecule has 0 bridgehead atoms. The maximum atomic E-state index is 13.5. The van der Waals surface area contributed by atoms with Crippen LogP contribution in [0.15, 0.2) is 58.2 Å². The van der Waals surface area contributed by atoms with E-state index in [2.05, 4.69) is 51.6 Å². The van der Waals surface area contributed by atoms with E-state index < -0.39 is 0 Å². The summed E-state index contributed by atoms with van der Waals surface area (Å²) >= 11 is 1.33. The van der Waals surface area contributed by atoms with Crippen LogP contribution in [0.4, 0.5) is 4.39 Å². The first kappa shape index (κ1) is 18.3. The fourth-order valence-electron chi connectivity index (χ4n) is 2.61. The molecule has 28 heavy (non-hydrogen) atoms. The van der Waals surface area contributed by atoms with Gasteiger partial charge in [-0.2, -0.15) is 9.67 Å². The van der Waals surface area contributed by atoms with Crippen LogP contribution < -0.4 is 0 Å². The summed E-state index contributed by atoms with van der Waals surface area (Å²) in [6, 6.07) is 14.2. The van der Waals surface area contributed by atoms with Crippen LogP contribution in [-0.4, -0.2) is 30.3 Å². The van der Waals surface area contributed by atoms with Crippen LogP contribution in [0.3, 0.4) is 0 Å². The third-order valence-corrected chi connectivity index (χ3v) is 5.03. The van der Waals surface area contributed by atoms with Crippen molar-refractivity contribution in [2.24, 2.45) is 0 Å². The molecule has 4 aromatic rings. The van der Waals surface area contributed by atoms with Crippen molar-refractivity contribution in [3.8, 4) is 17.1 Å². The van der Waals surface area contributed by atoms with Gasteiger partial charge >= 0.3 is 0 Å². The lowest BCUT2D eigenvalue weighted by Crippen LogP contribution is -1.99. The van der Waals surface area contributed by atoms with Crippen LogP contribution in [0.1, 0.15) is 31.2 Å². The number of nitrogens with zero attached hydrogens (tertiary/aromatic N) is 6. The molecular weight excluding hydrogens is 379 g/mol. The molecule has 0 aliphatic heterocycles. The summed E-state index contributed by atoms with van der Waals surface area (Å²) < 4.78 is 20.3. The molecule has 0 saturated heterocycles. The van der Waals surface area contributed by atoms with Gasteiger partial charge in [-0.3, -0.25) is 0 Å². The summed E-state index contributed by atoms with van der Waals surface area (Å²) in [6.45, 7) is 4.30. The largest absolute Gasteiger partial charge is 0.338 e. The summed E-state index contributed by atoms with van der Waals surface area (Å²) in [5.41, 5.74) is 2.70. The molecule has 2 aromatic heterocycles. The van der Waals surface area contributed by atoms with Gasteiger partial charge in [-0.05, 0) is 40.1 Å². The molecule has 2 aromatic carbocycles. The Balaban J connectivity index is 1.46. The number of benzene rings is 2. The third-order valence-electron chi connectivity index (χ3n) is 4.12. The quantitative estimate of drug-likeness (QED) is 0.450. The standard InChI is InChI=1S/C19H17FN6OS/c1-12(2)13-6-8-14(9-7-13)18-21-17(27-23-18)11-28-19-22-24-25-26(19)16-5-3-4-15(20)10-16/h3-10,12H,11H2,1-2H3. The number of rotatable bonds is 6. The van der Waals surface area contributed by atoms with Gasteiger partial charge in [0.2, 0.25) is 16.9 Å². The summed E-state index contributed by atoms with van der Waals surface area (Å²) in [4.78, 5) is 4.43. The number of thioether (sulfide) groups is 1. The molecule has 2 heterocycles. The maximum absolute atomic E-state index is 13.5. The van der Waals surface area contributed by atoms with Gasteiger partial charge in [0.15, 0.2) is 0 Å². The Kier molecular flexibility index (Phi) is 5.16. The smallest absolute Gasteiger partial charge is 0.237 e. The van der Waals surface area contributed by atoms with Gasteiger partial charge in [-0.1, -0.05) is 61.1 Å². The minimum atomic E-state index is -0.353. The van der Waals surface area contributed by atoms with Gasteiger partial charge in [0.1, 0.15) is 5.82 Å². The predicted molar refractivity (Wildman–Crippen MR) is 102 cm³/mol. The Morgan fingerprint density at radius 2 is 1.96 bits per heavy atom. The van der Waals surface area contributed by atoms with Crippen molar-refractivity contribution in [1.82, 2.24) is 30.3 Å². The van der Waals surface area contributed by atoms with E-state index in [1.165, 1.54) is 34.1 Å². The van der Waals surface area contributed by atoms with Gasteiger partial charge in [-0.25, -0.2) is 4.39 Å². The second kappa shape index (κ2) is 7.89. The maximum Gasteiger partial charge on any atom is 0.237 e. The molecule has 0 aliphatic carbocycles. The highest BCUT2D eigenvalue weighted by Gasteiger charge is 2.14. The number of tetrazole rings is 1. The average Bonchev–Trinajstić information content (AvgIpc) is 3.36. The van der Waals surface area contributed by atoms with E-state index in [4.69, 9.17) is 4.52 Å². The van der Waals surface area contributed by atoms with E-state index in [-0.39, 0.29) is 5.82 Å². The Labute approximate surface area is 165 Å². The lowest BCUT2D eigenvalue weighted by molar-refractivity contribution is 0.391. The molecule has 142 valence electrons. The topological polar surface area (TPSA) is 82.5 Å². The Morgan fingerprint density at radius 1 is 1.14 bits per heavy atom. The molecule has 0 atom stereocenters. The highest BCUT2D eigenvalue weighted by Crippen LogP contribution is 2.24. The summed E-state index contributed by atoms with van der Waals surface area (Å²) in [7, 11) is 0. The van der Waals surface area contributed by atoms with E-state index in [9.17, 15) is 4.39 Å². The van der Waals surface area contributed by atoms with Gasteiger partial charge in [0, 0.05) is 5.56 Å². The Morgan fingerprint density at radius 3 is 2.71 bits per heavy atom. The number of halogens is 1. The minimum Gasteiger partial charge on any atom is -0.338 e. The van der Waals surface area contributed by atoms with Crippen LogP contribution in [0.5, 0.6) is 0 Å². The van der Waals surface area contributed by atoms with E-state index in [0.717, 1.165) is 5.56 Å². The van der Waals surface area contributed by atoms with Crippen LogP contribution in [0.25, 0.3) is 17.1 Å². The van der Waals surface area contributed by atoms with Crippen molar-refractivity contribution < 1.29 is 8.91 Å². The molecule has 4 rings (SSSR count). The van der Waals surface area contributed by atoms with Crippen LogP contribution in [0, 0.1) is 5.82 Å². The molecule has 0 unspecified atom stereocenters. The van der Waals surface area contributed by atoms with Crippen molar-refractivity contribution in [2.45, 2.75) is 30.7 Å². The predicted octanol–water partition coefficient (Wildman–Crippen LogP) is 4.27. The molecule has 0 fully saturated rings. The van der Waals surface area contributed by atoms with Gasteiger partial charge < -0.3 is 4.52 Å². The normalized spacial score (nSPS) is 11.3. The molecule has 0 saturated carbocycles. The van der Waals surface area contributed by atoms with Crippen LogP contribution >= 0.6 is 11.8 Å². The average molecular weight is 396 g/mol. The van der Waals surface area contributed by atoms with Gasteiger partial charge in [-0.15, -0.1) is 5.10 Å². The number of hydrogen-bond donors (Lipinski definition) is 0. The van der Waals surface area contributed by atoms with E-state index in [0.29, 0.717) is 34.2 Å². The molecule has 0 amide bonds. The third kappa shape index (κ3) is 3.94. The fourth-order valence-corrected chi connectivity index (χ4v) is 3.34. The minimum absolute atomic E-state index is 0.353. The van der Waals surface area contributed by atoms with Crippen LogP contribution in [-0.2, 0) is 5.75 Å². The fraction of sp³-hybridized carbons (Fsp3) is 0.211. The van der Waals surface area contributed by atoms with Gasteiger partial charge in [0.25, 0.3) is 0 Å². The van der Waals surface area contributed by atoms with Crippen molar-refractivity contribution >= 4 is 11.8 Å². The first-order chi connectivity index (χ1) is 13.6. The first-order valence-electron chi connectivity index (χ1n) is 8.70. The summed E-state index contributed by atoms with van der Waals surface area (Å²) in [6.07, 6.45) is 0. The van der Waals surface area contributed by atoms with Crippen molar-refractivity contribution in [3.63, 3.8) is 0 Å². The van der Waals surface area contributed by atoms with Crippen LogP contribution in [0.2, 0.25) is 0 Å². The summed E-state index contributed by atoms with van der Waals surface area (Å²) in [5, 5.41) is 16.1. The molecule has 9 heteroatoms. The van der Waals surface area contributed by atoms with Crippen molar-refractivity contribution in [2.75, 3.05) is 0 Å². The van der Waals surface area contributed by atoms with Gasteiger partial charge in [0.05, 0.1) is 11.4 Å². The second-order valence-electron chi connectivity index (χ2n) is 6.43. The van der Waals surface area contributed by atoms with Crippen molar-refractivity contribution in [3.05, 3.63) is 65.8 Å². The highest BCUT2D eigenvalue weighted by molar-refractivity contribution is 7.98. The monoisotopic (exact) mass is 396 g/mol. The second-order valence-corrected chi connectivity index (χ2v) is 7.37.